The van der Waals surface area contributed by atoms with Crippen molar-refractivity contribution >= 4 is 11.7 Å². The molecular formula is C13H16N2O3. The summed E-state index contributed by atoms with van der Waals surface area (Å²) in [7, 11) is 3.17. The average molecular weight is 248 g/mol. The van der Waals surface area contributed by atoms with E-state index in [1.54, 1.807) is 20.3 Å². The lowest BCUT2D eigenvalue weighted by molar-refractivity contribution is -0.120. The fourth-order valence-electron chi connectivity index (χ4n) is 1.81. The summed E-state index contributed by atoms with van der Waals surface area (Å²) in [6.07, 6.45) is 0.691. The minimum Gasteiger partial charge on any atom is -0.497 e. The van der Waals surface area contributed by atoms with Gasteiger partial charge < -0.3 is 14.8 Å². The van der Waals surface area contributed by atoms with Crippen LogP contribution >= 0.6 is 0 Å². The summed E-state index contributed by atoms with van der Waals surface area (Å²) in [6, 6.07) is 5.12. The highest BCUT2D eigenvalue weighted by Crippen LogP contribution is 2.23. The zero-order valence-corrected chi connectivity index (χ0v) is 10.7. The minimum absolute atomic E-state index is 0.0608. The van der Waals surface area contributed by atoms with Gasteiger partial charge in [-0.1, -0.05) is 6.92 Å². The maximum Gasteiger partial charge on any atom is 0.250 e. The van der Waals surface area contributed by atoms with Crippen LogP contribution in [-0.2, 0) is 4.79 Å². The first kappa shape index (κ1) is 12.4. The number of benzene rings is 1. The lowest BCUT2D eigenvalue weighted by atomic mass is 10.2. The molecule has 1 unspecified atom stereocenters. The number of nitrogens with one attached hydrogen (secondary N) is 1. The molecule has 0 aromatic heterocycles. The van der Waals surface area contributed by atoms with Gasteiger partial charge in [-0.25, -0.2) is 0 Å². The number of hydrogen-bond donors (Lipinski definition) is 1. The molecule has 1 atom stereocenters. The Balaban J connectivity index is 2.36. The van der Waals surface area contributed by atoms with E-state index in [0.717, 1.165) is 5.56 Å². The van der Waals surface area contributed by atoms with Crippen LogP contribution in [-0.4, -0.2) is 32.0 Å². The molecule has 1 amide bonds. The summed E-state index contributed by atoms with van der Waals surface area (Å²) in [5, 5.41) is 2.77. The van der Waals surface area contributed by atoms with E-state index in [0.29, 0.717) is 23.8 Å². The number of methoxy groups -OCH3 is 2. The third-order valence-electron chi connectivity index (χ3n) is 2.84. The van der Waals surface area contributed by atoms with Crippen LogP contribution in [0.5, 0.6) is 11.5 Å². The summed E-state index contributed by atoms with van der Waals surface area (Å²) in [5.74, 6) is 1.85. The normalized spacial score (nSPS) is 18.3. The number of aliphatic imine (C=N–C) groups is 1. The van der Waals surface area contributed by atoms with Crippen molar-refractivity contribution in [1.29, 1.82) is 0 Å². The van der Waals surface area contributed by atoms with E-state index >= 15 is 0 Å². The molecule has 2 rings (SSSR count). The highest BCUT2D eigenvalue weighted by Gasteiger charge is 2.25. The molecule has 5 nitrogen and oxygen atoms in total. The number of ether oxygens (including phenoxy) is 2. The molecule has 96 valence electrons. The molecule has 0 radical (unpaired) electrons. The number of hydrogen-bond acceptors (Lipinski definition) is 4. The van der Waals surface area contributed by atoms with E-state index in [-0.39, 0.29) is 11.9 Å². The second-order valence-corrected chi connectivity index (χ2v) is 3.99. The van der Waals surface area contributed by atoms with Crippen LogP contribution in [0.15, 0.2) is 23.2 Å². The van der Waals surface area contributed by atoms with E-state index in [1.807, 2.05) is 19.1 Å². The van der Waals surface area contributed by atoms with Gasteiger partial charge in [-0.3, -0.25) is 9.79 Å². The summed E-state index contributed by atoms with van der Waals surface area (Å²) in [4.78, 5) is 16.0. The molecule has 0 saturated carbocycles. The summed E-state index contributed by atoms with van der Waals surface area (Å²) in [5.41, 5.74) is 0.788. The molecule has 0 bridgehead atoms. The molecule has 0 aliphatic carbocycles. The van der Waals surface area contributed by atoms with Gasteiger partial charge >= 0.3 is 0 Å². The largest absolute Gasteiger partial charge is 0.497 e. The van der Waals surface area contributed by atoms with Crippen LogP contribution in [0.25, 0.3) is 0 Å². The summed E-state index contributed by atoms with van der Waals surface area (Å²) >= 11 is 0. The van der Waals surface area contributed by atoms with E-state index in [4.69, 9.17) is 9.47 Å². The van der Waals surface area contributed by atoms with Crippen molar-refractivity contribution < 1.29 is 14.3 Å². The number of amides is 1. The molecule has 1 N–H and O–H groups in total. The Hall–Kier alpha value is -2.04. The highest BCUT2D eigenvalue weighted by atomic mass is 16.5. The van der Waals surface area contributed by atoms with E-state index < -0.39 is 0 Å². The SMILES string of the molecule is CCC1N=C(c2cc(OC)cc(OC)c2)NC1=O. The first-order chi connectivity index (χ1) is 8.67. The zero-order chi connectivity index (χ0) is 13.1. The van der Waals surface area contributed by atoms with Gasteiger partial charge in [0.05, 0.1) is 14.2 Å². The average Bonchev–Trinajstić information content (AvgIpc) is 2.79. The molecule has 5 heteroatoms. The quantitative estimate of drug-likeness (QED) is 0.875. The number of nitrogens with zero attached hydrogens (tertiary/aromatic N) is 1. The molecular weight excluding hydrogens is 232 g/mol. The standard InChI is InChI=1S/C13H16N2O3/c1-4-11-13(16)15-12(14-11)8-5-9(17-2)7-10(6-8)18-3/h5-7,11H,4H2,1-3H3,(H,14,15,16). The molecule has 18 heavy (non-hydrogen) atoms. The number of carbonyl (C=O) groups excluding carboxylic acids is 1. The van der Waals surface area contributed by atoms with Crippen molar-refractivity contribution in [3.63, 3.8) is 0 Å². The molecule has 1 aliphatic heterocycles. The van der Waals surface area contributed by atoms with E-state index in [9.17, 15) is 4.79 Å². The fourth-order valence-corrected chi connectivity index (χ4v) is 1.81. The highest BCUT2D eigenvalue weighted by molar-refractivity contribution is 6.13. The van der Waals surface area contributed by atoms with Gasteiger partial charge in [0.2, 0.25) is 5.91 Å². The topological polar surface area (TPSA) is 59.9 Å². The van der Waals surface area contributed by atoms with Crippen LogP contribution in [0.2, 0.25) is 0 Å². The van der Waals surface area contributed by atoms with Gasteiger partial charge in [0.15, 0.2) is 0 Å². The van der Waals surface area contributed by atoms with Gasteiger partial charge in [-0.15, -0.1) is 0 Å². The first-order valence-corrected chi connectivity index (χ1v) is 5.80. The van der Waals surface area contributed by atoms with Crippen molar-refractivity contribution in [3.8, 4) is 11.5 Å². The number of rotatable bonds is 4. The summed E-state index contributed by atoms with van der Waals surface area (Å²) in [6.45, 7) is 1.93. The van der Waals surface area contributed by atoms with Crippen LogP contribution < -0.4 is 14.8 Å². The van der Waals surface area contributed by atoms with Gasteiger partial charge in [0.25, 0.3) is 0 Å². The van der Waals surface area contributed by atoms with Crippen LogP contribution in [0, 0.1) is 0 Å². The predicted octanol–water partition coefficient (Wildman–Crippen LogP) is 1.36. The van der Waals surface area contributed by atoms with Crippen molar-refractivity contribution in [2.45, 2.75) is 19.4 Å². The lowest BCUT2D eigenvalue weighted by Crippen LogP contribution is -2.28. The molecule has 0 fully saturated rings. The van der Waals surface area contributed by atoms with Crippen molar-refractivity contribution in [1.82, 2.24) is 5.32 Å². The van der Waals surface area contributed by atoms with E-state index in [1.165, 1.54) is 0 Å². The second-order valence-electron chi connectivity index (χ2n) is 3.99. The third kappa shape index (κ3) is 2.30. The molecule has 1 aliphatic rings. The molecule has 0 spiro atoms. The smallest absolute Gasteiger partial charge is 0.250 e. The second kappa shape index (κ2) is 5.08. The summed E-state index contributed by atoms with van der Waals surface area (Å²) < 4.78 is 10.4. The van der Waals surface area contributed by atoms with Gasteiger partial charge in [-0.2, -0.15) is 0 Å². The predicted molar refractivity (Wildman–Crippen MR) is 68.3 cm³/mol. The monoisotopic (exact) mass is 248 g/mol. The van der Waals surface area contributed by atoms with Gasteiger partial charge in [0, 0.05) is 11.6 Å². The zero-order valence-electron chi connectivity index (χ0n) is 10.7. The van der Waals surface area contributed by atoms with Crippen molar-refractivity contribution in [2.75, 3.05) is 14.2 Å². The van der Waals surface area contributed by atoms with E-state index in [2.05, 4.69) is 10.3 Å². The molecule has 1 aromatic rings. The first-order valence-electron chi connectivity index (χ1n) is 5.80. The van der Waals surface area contributed by atoms with Gasteiger partial charge in [0.1, 0.15) is 23.4 Å². The Kier molecular flexibility index (Phi) is 3.50. The fraction of sp³-hybridized carbons (Fsp3) is 0.385. The van der Waals surface area contributed by atoms with Crippen molar-refractivity contribution in [2.24, 2.45) is 4.99 Å². The van der Waals surface area contributed by atoms with Crippen molar-refractivity contribution in [3.05, 3.63) is 23.8 Å². The Labute approximate surface area is 106 Å². The maximum absolute atomic E-state index is 11.6. The van der Waals surface area contributed by atoms with Gasteiger partial charge in [-0.05, 0) is 18.6 Å². The molecule has 0 saturated heterocycles. The number of carbonyl (C=O) groups is 1. The minimum atomic E-state index is -0.294. The Morgan fingerprint density at radius 2 is 1.83 bits per heavy atom. The van der Waals surface area contributed by atoms with Crippen LogP contribution in [0.3, 0.4) is 0 Å². The molecule has 1 heterocycles. The van der Waals surface area contributed by atoms with Crippen LogP contribution in [0.4, 0.5) is 0 Å². The maximum atomic E-state index is 11.6. The third-order valence-corrected chi connectivity index (χ3v) is 2.84. The Morgan fingerprint density at radius 1 is 1.22 bits per heavy atom. The Morgan fingerprint density at radius 3 is 2.28 bits per heavy atom. The lowest BCUT2D eigenvalue weighted by Gasteiger charge is -2.08. The Bertz CT molecular complexity index is 475. The van der Waals surface area contributed by atoms with Crippen LogP contribution in [0.1, 0.15) is 18.9 Å². The number of amidine groups is 1. The molecule has 1 aromatic carbocycles.